The molecule has 0 saturated heterocycles. The van der Waals surface area contributed by atoms with E-state index in [1.54, 1.807) is 24.3 Å². The van der Waals surface area contributed by atoms with Crippen molar-refractivity contribution in [3.8, 4) is 11.1 Å². The first-order valence-corrected chi connectivity index (χ1v) is 12.9. The number of benzene rings is 2. The highest BCUT2D eigenvalue weighted by Crippen LogP contribution is 2.41. The van der Waals surface area contributed by atoms with Gasteiger partial charge in [-0.2, -0.15) is 0 Å². The maximum Gasteiger partial charge on any atom is 0.263 e. The van der Waals surface area contributed by atoms with Crippen LogP contribution in [0, 0.1) is 12.7 Å². The minimum atomic E-state index is -3.87. The molecule has 0 aliphatic heterocycles. The molecule has 0 aliphatic rings. The van der Waals surface area contributed by atoms with Crippen molar-refractivity contribution < 1.29 is 12.8 Å². The summed E-state index contributed by atoms with van der Waals surface area (Å²) in [5, 5.41) is 11.5. The topological polar surface area (TPSA) is 110 Å². The minimum Gasteiger partial charge on any atom is -0.340 e. The fraction of sp³-hybridized carbons (Fsp3) is 0.0435. The number of fused-ring (bicyclic) bond motifs is 1. The monoisotopic (exact) mass is 526 g/mol. The standard InChI is InChI=1S/C23H16ClFN6O2S2/c1-13-20(14-2-4-15(25)5-3-14)21-22(26-12-27-23(21)34-13)28-16-6-8-17(9-7-16)35(32,33)31-19-11-10-18(24)29-30-19/h2-12H,1H3,(H,30,31)(H,26,27,28). The van der Waals surface area contributed by atoms with E-state index in [-0.39, 0.29) is 21.7 Å². The summed E-state index contributed by atoms with van der Waals surface area (Å²) in [4.78, 5) is 10.6. The summed E-state index contributed by atoms with van der Waals surface area (Å²) in [7, 11) is -3.87. The van der Waals surface area contributed by atoms with Gasteiger partial charge < -0.3 is 5.32 Å². The zero-order valence-corrected chi connectivity index (χ0v) is 20.4. The van der Waals surface area contributed by atoms with E-state index in [1.165, 1.54) is 54.1 Å². The predicted molar refractivity (Wildman–Crippen MR) is 135 cm³/mol. The van der Waals surface area contributed by atoms with E-state index in [2.05, 4.69) is 30.2 Å². The predicted octanol–water partition coefficient (Wildman–Crippen LogP) is 5.79. The minimum absolute atomic E-state index is 0.0472. The lowest BCUT2D eigenvalue weighted by molar-refractivity contribution is 0.601. The molecule has 8 nitrogen and oxygen atoms in total. The first-order chi connectivity index (χ1) is 16.8. The highest BCUT2D eigenvalue weighted by molar-refractivity contribution is 7.92. The van der Waals surface area contributed by atoms with E-state index in [1.807, 2.05) is 6.92 Å². The second-order valence-electron chi connectivity index (χ2n) is 7.44. The number of hydrogen-bond donors (Lipinski definition) is 2. The highest BCUT2D eigenvalue weighted by atomic mass is 35.5. The van der Waals surface area contributed by atoms with Gasteiger partial charge in [0, 0.05) is 16.1 Å². The summed E-state index contributed by atoms with van der Waals surface area (Å²) in [6.45, 7) is 1.98. The van der Waals surface area contributed by atoms with Gasteiger partial charge in [0.05, 0.1) is 10.3 Å². The molecule has 0 atom stereocenters. The smallest absolute Gasteiger partial charge is 0.263 e. The molecule has 0 radical (unpaired) electrons. The quantitative estimate of drug-likeness (QED) is 0.288. The molecule has 0 spiro atoms. The number of nitrogens with one attached hydrogen (secondary N) is 2. The van der Waals surface area contributed by atoms with Gasteiger partial charge in [-0.3, -0.25) is 4.72 Å². The Morgan fingerprint density at radius 3 is 2.37 bits per heavy atom. The zero-order valence-electron chi connectivity index (χ0n) is 18.0. The zero-order chi connectivity index (χ0) is 24.6. The van der Waals surface area contributed by atoms with Crippen LogP contribution in [-0.4, -0.2) is 28.6 Å². The van der Waals surface area contributed by atoms with Crippen LogP contribution >= 0.6 is 22.9 Å². The molecular formula is C23H16ClFN6O2S2. The lowest BCUT2D eigenvalue weighted by Gasteiger charge is -2.11. The van der Waals surface area contributed by atoms with Crippen molar-refractivity contribution in [2.24, 2.45) is 0 Å². The van der Waals surface area contributed by atoms with Crippen molar-refractivity contribution >= 4 is 60.5 Å². The number of hydrogen-bond acceptors (Lipinski definition) is 8. The fourth-order valence-electron chi connectivity index (χ4n) is 3.52. The summed E-state index contributed by atoms with van der Waals surface area (Å²) in [5.41, 5.74) is 2.40. The third-order valence-corrected chi connectivity index (χ3v) is 7.68. The summed E-state index contributed by atoms with van der Waals surface area (Å²) >= 11 is 7.21. The van der Waals surface area contributed by atoms with Gasteiger partial charge in [-0.1, -0.05) is 23.7 Å². The maximum atomic E-state index is 13.5. The Labute approximate surface area is 208 Å². The fourth-order valence-corrected chi connectivity index (χ4v) is 5.63. The summed E-state index contributed by atoms with van der Waals surface area (Å²) in [6, 6.07) is 15.3. The van der Waals surface area contributed by atoms with Crippen molar-refractivity contribution in [2.45, 2.75) is 11.8 Å². The van der Waals surface area contributed by atoms with Crippen LogP contribution < -0.4 is 10.0 Å². The first kappa shape index (κ1) is 23.1. The molecule has 5 aromatic rings. The van der Waals surface area contributed by atoms with E-state index in [4.69, 9.17) is 11.6 Å². The Morgan fingerprint density at radius 1 is 0.943 bits per heavy atom. The summed E-state index contributed by atoms with van der Waals surface area (Å²) < 4.78 is 41.2. The molecule has 0 amide bonds. The number of rotatable bonds is 6. The van der Waals surface area contributed by atoms with Gasteiger partial charge in [0.25, 0.3) is 10.0 Å². The van der Waals surface area contributed by atoms with E-state index < -0.39 is 10.0 Å². The van der Waals surface area contributed by atoms with Gasteiger partial charge in [0.1, 0.15) is 22.8 Å². The Morgan fingerprint density at radius 2 is 1.69 bits per heavy atom. The number of anilines is 3. The Kier molecular flexibility index (Phi) is 6.05. The van der Waals surface area contributed by atoms with Gasteiger partial charge in [-0.15, -0.1) is 21.5 Å². The molecule has 12 heteroatoms. The van der Waals surface area contributed by atoms with Crippen LogP contribution in [0.2, 0.25) is 5.15 Å². The van der Waals surface area contributed by atoms with Crippen molar-refractivity contribution in [3.05, 3.63) is 82.8 Å². The van der Waals surface area contributed by atoms with Crippen molar-refractivity contribution in [2.75, 3.05) is 10.0 Å². The van der Waals surface area contributed by atoms with Crippen molar-refractivity contribution in [3.63, 3.8) is 0 Å². The Balaban J connectivity index is 1.45. The number of aromatic nitrogens is 4. The SMILES string of the molecule is Cc1sc2ncnc(Nc3ccc(S(=O)(=O)Nc4ccc(Cl)nn4)cc3)c2c1-c1ccc(F)cc1. The normalized spacial score (nSPS) is 11.5. The number of sulfonamides is 1. The van der Waals surface area contributed by atoms with Crippen LogP contribution in [0.15, 0.2) is 71.9 Å². The van der Waals surface area contributed by atoms with Gasteiger partial charge in [0.2, 0.25) is 0 Å². The molecule has 0 saturated carbocycles. The molecule has 176 valence electrons. The molecule has 2 N–H and O–H groups in total. The molecule has 5 rings (SSSR count). The molecule has 0 unspecified atom stereocenters. The number of thiophene rings is 1. The summed E-state index contributed by atoms with van der Waals surface area (Å²) in [5.74, 6) is 0.304. The number of aryl methyl sites for hydroxylation is 1. The van der Waals surface area contributed by atoms with Crippen LogP contribution in [0.25, 0.3) is 21.3 Å². The molecular weight excluding hydrogens is 511 g/mol. The first-order valence-electron chi connectivity index (χ1n) is 10.2. The largest absolute Gasteiger partial charge is 0.340 e. The van der Waals surface area contributed by atoms with Gasteiger partial charge in [-0.25, -0.2) is 22.8 Å². The van der Waals surface area contributed by atoms with Crippen LogP contribution in [0.1, 0.15) is 4.88 Å². The molecule has 3 heterocycles. The third-order valence-electron chi connectivity index (χ3n) is 5.10. The van der Waals surface area contributed by atoms with Crippen LogP contribution in [0.5, 0.6) is 0 Å². The molecule has 35 heavy (non-hydrogen) atoms. The van der Waals surface area contributed by atoms with Crippen LogP contribution in [0.3, 0.4) is 0 Å². The van der Waals surface area contributed by atoms with E-state index in [0.717, 1.165) is 26.2 Å². The summed E-state index contributed by atoms with van der Waals surface area (Å²) in [6.07, 6.45) is 1.46. The number of halogens is 2. The highest BCUT2D eigenvalue weighted by Gasteiger charge is 2.18. The van der Waals surface area contributed by atoms with Crippen molar-refractivity contribution in [1.29, 1.82) is 0 Å². The molecule has 3 aromatic heterocycles. The van der Waals surface area contributed by atoms with Crippen LogP contribution in [0.4, 0.5) is 21.7 Å². The maximum absolute atomic E-state index is 13.5. The second-order valence-corrected chi connectivity index (χ2v) is 10.7. The van der Waals surface area contributed by atoms with Crippen molar-refractivity contribution in [1.82, 2.24) is 20.2 Å². The average molecular weight is 527 g/mol. The average Bonchev–Trinajstić information content (AvgIpc) is 3.18. The second kappa shape index (κ2) is 9.17. The van der Waals surface area contributed by atoms with E-state index in [9.17, 15) is 12.8 Å². The lowest BCUT2D eigenvalue weighted by Crippen LogP contribution is -2.14. The Bertz CT molecular complexity index is 1620. The molecule has 0 aliphatic carbocycles. The van der Waals surface area contributed by atoms with E-state index in [0.29, 0.717) is 11.5 Å². The Hall–Kier alpha value is -3.67. The van der Waals surface area contributed by atoms with E-state index >= 15 is 0 Å². The molecule has 0 fully saturated rings. The van der Waals surface area contributed by atoms with Gasteiger partial charge in [-0.05, 0) is 61.0 Å². The molecule has 2 aromatic carbocycles. The lowest BCUT2D eigenvalue weighted by atomic mass is 10.0. The third kappa shape index (κ3) is 4.78. The molecule has 0 bridgehead atoms. The number of nitrogens with zero attached hydrogens (tertiary/aromatic N) is 4. The van der Waals surface area contributed by atoms with Crippen LogP contribution in [-0.2, 0) is 10.0 Å². The van der Waals surface area contributed by atoms with Gasteiger partial charge >= 0.3 is 0 Å². The van der Waals surface area contributed by atoms with Gasteiger partial charge in [0.15, 0.2) is 11.0 Å².